The van der Waals surface area contributed by atoms with Gasteiger partial charge in [0.05, 0.1) is 10.5 Å². The number of amides is 1. The molecule has 1 amide bonds. The van der Waals surface area contributed by atoms with Gasteiger partial charge in [-0.1, -0.05) is 27.5 Å². The van der Waals surface area contributed by atoms with Gasteiger partial charge in [-0.2, -0.15) is 0 Å². The Morgan fingerprint density at radius 1 is 1.52 bits per heavy atom. The smallest absolute Gasteiger partial charge is 0.291 e. The molecule has 0 saturated carbocycles. The lowest BCUT2D eigenvalue weighted by molar-refractivity contribution is -0.772. The normalized spacial score (nSPS) is 12.1. The molecule has 0 radical (unpaired) electrons. The number of nitrogens with one attached hydrogen (secondary N) is 1. The van der Waals surface area contributed by atoms with Crippen molar-refractivity contribution in [3.63, 3.8) is 0 Å². The van der Waals surface area contributed by atoms with Gasteiger partial charge in [0.2, 0.25) is 5.91 Å². The van der Waals surface area contributed by atoms with Gasteiger partial charge in [0.25, 0.3) is 5.03 Å². The van der Waals surface area contributed by atoms with E-state index in [0.717, 1.165) is 16.2 Å². The fourth-order valence-corrected chi connectivity index (χ4v) is 2.83. The highest BCUT2D eigenvalue weighted by molar-refractivity contribution is 9.10. The Morgan fingerprint density at radius 3 is 2.71 bits per heavy atom. The molecule has 0 aliphatic rings. The number of hydrogen-bond acceptors (Lipinski definition) is 5. The predicted molar refractivity (Wildman–Crippen MR) is 79.8 cm³/mol. The van der Waals surface area contributed by atoms with E-state index in [-0.39, 0.29) is 5.91 Å². The van der Waals surface area contributed by atoms with Crippen LogP contribution in [0.25, 0.3) is 0 Å². The summed E-state index contributed by atoms with van der Waals surface area (Å²) in [5.74, 6) is -0.692. The molecule has 0 aliphatic carbocycles. The maximum Gasteiger partial charge on any atom is 0.291 e. The number of rotatable bonds is 5. The van der Waals surface area contributed by atoms with E-state index in [1.165, 1.54) is 4.68 Å². The Morgan fingerprint density at radius 2 is 2.19 bits per heavy atom. The Bertz CT molecular complexity index is 611. The molecule has 1 heterocycles. The molecule has 0 fully saturated rings. The van der Waals surface area contributed by atoms with Crippen LogP contribution < -0.4 is 15.1 Å². The quantitative estimate of drug-likeness (QED) is 0.640. The van der Waals surface area contributed by atoms with Crippen molar-refractivity contribution >= 4 is 39.3 Å². The molecule has 1 atom stereocenters. The average molecular weight is 372 g/mol. The fraction of sp³-hybridized carbons (Fsp3) is 0.308. The van der Waals surface area contributed by atoms with Crippen molar-refractivity contribution in [1.29, 1.82) is 0 Å². The Balaban J connectivity index is 2.06. The molecule has 21 heavy (non-hydrogen) atoms. The lowest BCUT2D eigenvalue weighted by Gasteiger charge is -2.12. The molecule has 112 valence electrons. The van der Waals surface area contributed by atoms with Gasteiger partial charge >= 0.3 is 0 Å². The third-order valence-electron chi connectivity index (χ3n) is 2.74. The maximum absolute atomic E-state index is 12.3. The fourth-order valence-electron chi connectivity index (χ4n) is 1.64. The molecule has 0 saturated heterocycles. The van der Waals surface area contributed by atoms with Crippen molar-refractivity contribution in [3.05, 3.63) is 28.7 Å². The van der Waals surface area contributed by atoms with Gasteiger partial charge in [-0.3, -0.25) is 4.79 Å². The van der Waals surface area contributed by atoms with Crippen LogP contribution in [0.1, 0.15) is 13.3 Å². The number of carbonyl (C=O) groups is 1. The van der Waals surface area contributed by atoms with Gasteiger partial charge in [-0.15, -0.1) is 0 Å². The number of nitrogens with zero attached hydrogens (tertiary/aromatic N) is 2. The van der Waals surface area contributed by atoms with Crippen LogP contribution in [0.4, 0.5) is 5.69 Å². The lowest BCUT2D eigenvalue weighted by Crippen LogP contribution is -2.34. The SMILES string of the molecule is CCC(Sc1c([O-])on[n+]1C)C(=O)Nc1ccc(Br)cc1. The topological polar surface area (TPSA) is 82.1 Å². The van der Waals surface area contributed by atoms with Crippen LogP contribution in [0.2, 0.25) is 0 Å². The number of carbonyl (C=O) groups excluding carboxylic acids is 1. The zero-order valence-electron chi connectivity index (χ0n) is 11.5. The average Bonchev–Trinajstić information content (AvgIpc) is 2.78. The molecule has 6 nitrogen and oxygen atoms in total. The molecule has 2 aromatic rings. The Labute approximate surface area is 134 Å². The first kappa shape index (κ1) is 15.8. The monoisotopic (exact) mass is 371 g/mol. The van der Waals surface area contributed by atoms with Gasteiger partial charge in [-0.25, -0.2) is 0 Å². The number of benzene rings is 1. The van der Waals surface area contributed by atoms with Gasteiger partial charge in [0.15, 0.2) is 13.0 Å². The summed E-state index contributed by atoms with van der Waals surface area (Å²) in [6.07, 6.45) is 0.581. The van der Waals surface area contributed by atoms with Crippen LogP contribution in [0.15, 0.2) is 38.3 Å². The molecular weight excluding hydrogens is 358 g/mol. The third-order valence-corrected chi connectivity index (χ3v) is 4.76. The zero-order chi connectivity index (χ0) is 15.4. The van der Waals surface area contributed by atoms with Crippen LogP contribution in [-0.4, -0.2) is 16.4 Å². The predicted octanol–water partition coefficient (Wildman–Crippen LogP) is 1.84. The van der Waals surface area contributed by atoms with Gasteiger partial charge < -0.3 is 14.9 Å². The highest BCUT2D eigenvalue weighted by Crippen LogP contribution is 2.28. The van der Waals surface area contributed by atoms with E-state index in [0.29, 0.717) is 17.1 Å². The number of thioether (sulfide) groups is 1. The summed E-state index contributed by atoms with van der Waals surface area (Å²) in [5.41, 5.74) is 0.708. The number of hydrogen-bond donors (Lipinski definition) is 1. The second kappa shape index (κ2) is 6.95. The zero-order valence-corrected chi connectivity index (χ0v) is 13.9. The first-order chi connectivity index (χ1) is 10.0. The summed E-state index contributed by atoms with van der Waals surface area (Å²) in [7, 11) is 1.60. The van der Waals surface area contributed by atoms with E-state index in [1.807, 2.05) is 19.1 Å². The highest BCUT2D eigenvalue weighted by atomic mass is 79.9. The Hall–Kier alpha value is -1.54. The molecule has 8 heteroatoms. The minimum absolute atomic E-state index is 0.162. The molecular formula is C13H14BrN3O3S. The largest absolute Gasteiger partial charge is 0.538 e. The molecule has 0 bridgehead atoms. The van der Waals surface area contributed by atoms with E-state index < -0.39 is 11.2 Å². The van der Waals surface area contributed by atoms with Crippen molar-refractivity contribution < 1.29 is 19.1 Å². The van der Waals surface area contributed by atoms with Crippen LogP contribution in [0.3, 0.4) is 0 Å². The number of halogens is 1. The standard InChI is InChI=1S/C13H14BrN3O3S/c1-3-10(21-12-13(19)20-16-17(12)2)11(18)15-9-6-4-8(14)5-7-9/h4-7,10H,3H2,1-2H3,(H-,15,16,18,19). The van der Waals surface area contributed by atoms with E-state index in [1.54, 1.807) is 19.2 Å². The minimum atomic E-state index is -0.530. The summed E-state index contributed by atoms with van der Waals surface area (Å²) in [5, 5.41) is 17.8. The van der Waals surface area contributed by atoms with E-state index in [9.17, 15) is 9.90 Å². The van der Waals surface area contributed by atoms with Gasteiger partial charge in [0.1, 0.15) is 0 Å². The first-order valence-electron chi connectivity index (χ1n) is 6.27. The molecule has 1 unspecified atom stereocenters. The third kappa shape index (κ3) is 3.98. The minimum Gasteiger partial charge on any atom is -0.538 e. The summed E-state index contributed by atoms with van der Waals surface area (Å²) in [6, 6.07) is 7.30. The molecule has 0 spiro atoms. The second-order valence-electron chi connectivity index (χ2n) is 4.30. The van der Waals surface area contributed by atoms with Crippen LogP contribution >= 0.6 is 27.7 Å². The molecule has 2 rings (SSSR count). The van der Waals surface area contributed by atoms with Crippen molar-refractivity contribution in [2.24, 2.45) is 7.05 Å². The summed E-state index contributed by atoms with van der Waals surface area (Å²) in [4.78, 5) is 12.3. The lowest BCUT2D eigenvalue weighted by atomic mass is 10.3. The van der Waals surface area contributed by atoms with Crippen molar-refractivity contribution in [1.82, 2.24) is 5.27 Å². The van der Waals surface area contributed by atoms with E-state index >= 15 is 0 Å². The van der Waals surface area contributed by atoms with Crippen LogP contribution in [0.5, 0.6) is 5.95 Å². The first-order valence-corrected chi connectivity index (χ1v) is 7.94. The number of anilines is 1. The number of aromatic nitrogens is 2. The molecule has 1 aromatic heterocycles. The van der Waals surface area contributed by atoms with E-state index in [4.69, 9.17) is 0 Å². The van der Waals surface area contributed by atoms with Gasteiger partial charge in [-0.05, 0) is 42.4 Å². The Kier molecular flexibility index (Phi) is 5.24. The maximum atomic E-state index is 12.3. The van der Waals surface area contributed by atoms with Crippen LogP contribution in [0, 0.1) is 0 Å². The van der Waals surface area contributed by atoms with Crippen molar-refractivity contribution in [2.75, 3.05) is 5.32 Å². The molecule has 1 aromatic carbocycles. The van der Waals surface area contributed by atoms with Gasteiger partial charge in [0, 0.05) is 10.2 Å². The van der Waals surface area contributed by atoms with Crippen LogP contribution in [-0.2, 0) is 11.8 Å². The number of aryl methyl sites for hydroxylation is 1. The van der Waals surface area contributed by atoms with Crippen molar-refractivity contribution in [2.45, 2.75) is 23.6 Å². The summed E-state index contributed by atoms with van der Waals surface area (Å²) < 4.78 is 6.83. The van der Waals surface area contributed by atoms with E-state index in [2.05, 4.69) is 31.0 Å². The molecule has 1 N–H and O–H groups in total. The second-order valence-corrected chi connectivity index (χ2v) is 6.41. The summed E-state index contributed by atoms with van der Waals surface area (Å²) >= 11 is 4.49. The molecule has 0 aliphatic heterocycles. The summed E-state index contributed by atoms with van der Waals surface area (Å²) in [6.45, 7) is 1.89. The highest BCUT2D eigenvalue weighted by Gasteiger charge is 2.25. The van der Waals surface area contributed by atoms with Crippen molar-refractivity contribution in [3.8, 4) is 5.95 Å².